The first-order chi connectivity index (χ1) is 8.19. The second-order valence-electron chi connectivity index (χ2n) is 3.61. The van der Waals surface area contributed by atoms with Crippen molar-refractivity contribution in [3.63, 3.8) is 0 Å². The monoisotopic (exact) mass is 270 g/mol. The van der Waals surface area contributed by atoms with Crippen molar-refractivity contribution >= 4 is 23.2 Å². The molecule has 0 aliphatic carbocycles. The minimum absolute atomic E-state index is 0.644. The molecule has 90 valence electrons. The summed E-state index contributed by atoms with van der Waals surface area (Å²) in [6.07, 6.45) is 5.17. The number of halogens is 2. The van der Waals surface area contributed by atoms with Gasteiger partial charge in [0.15, 0.2) is 0 Å². The van der Waals surface area contributed by atoms with E-state index in [1.807, 2.05) is 24.5 Å². The van der Waals surface area contributed by atoms with Gasteiger partial charge >= 0.3 is 0 Å². The lowest BCUT2D eigenvalue weighted by Crippen LogP contribution is -2.23. The lowest BCUT2D eigenvalue weighted by Gasteiger charge is -2.20. The molecule has 1 heterocycles. The van der Waals surface area contributed by atoms with Gasteiger partial charge in [-0.1, -0.05) is 35.8 Å². The lowest BCUT2D eigenvalue weighted by molar-refractivity contribution is -0.0692. The third kappa shape index (κ3) is 3.08. The van der Waals surface area contributed by atoms with Crippen molar-refractivity contribution in [1.82, 2.24) is 9.96 Å². The second-order valence-corrected chi connectivity index (χ2v) is 4.45. The number of benzene rings is 1. The smallest absolute Gasteiger partial charge is 0.126 e. The summed E-state index contributed by atoms with van der Waals surface area (Å²) in [5.41, 5.74) is 1.03. The zero-order valence-corrected chi connectivity index (χ0v) is 10.7. The summed E-state index contributed by atoms with van der Waals surface area (Å²) >= 11 is 12.0. The molecular weight excluding hydrogens is 259 g/mol. The third-order valence-electron chi connectivity index (χ3n) is 2.36. The van der Waals surface area contributed by atoms with E-state index in [0.717, 1.165) is 5.56 Å². The van der Waals surface area contributed by atoms with E-state index < -0.39 is 0 Å². The summed E-state index contributed by atoms with van der Waals surface area (Å²) < 4.78 is 0. The average Bonchev–Trinajstić information content (AvgIpc) is 2.71. The quantitative estimate of drug-likeness (QED) is 0.778. The van der Waals surface area contributed by atoms with Crippen molar-refractivity contribution in [2.45, 2.75) is 6.54 Å². The van der Waals surface area contributed by atoms with Crippen LogP contribution >= 0.6 is 23.2 Å². The fourth-order valence-electron chi connectivity index (χ4n) is 1.58. The molecule has 0 saturated carbocycles. The number of rotatable bonds is 4. The van der Waals surface area contributed by atoms with Gasteiger partial charge in [-0.25, -0.2) is 0 Å². The van der Waals surface area contributed by atoms with Crippen LogP contribution in [-0.2, 0) is 11.4 Å². The highest BCUT2D eigenvalue weighted by atomic mass is 35.5. The normalized spacial score (nSPS) is 14.2. The molecule has 0 fully saturated rings. The first kappa shape index (κ1) is 12.1. The van der Waals surface area contributed by atoms with E-state index >= 15 is 0 Å². The summed E-state index contributed by atoms with van der Waals surface area (Å²) in [6.45, 7) is 4.86. The van der Waals surface area contributed by atoms with Gasteiger partial charge in [-0.15, -0.1) is 0 Å². The number of hydrogen-bond donors (Lipinski definition) is 0. The minimum atomic E-state index is 0.644. The Morgan fingerprint density at radius 2 is 2.18 bits per heavy atom. The Labute approximate surface area is 110 Å². The summed E-state index contributed by atoms with van der Waals surface area (Å²) in [5, 5.41) is 3.00. The summed E-state index contributed by atoms with van der Waals surface area (Å²) in [5.74, 6) is 0. The molecule has 0 saturated heterocycles. The Hall–Kier alpha value is -1.32. The van der Waals surface area contributed by atoms with Crippen LogP contribution in [0, 0.1) is 0 Å². The van der Waals surface area contributed by atoms with Crippen LogP contribution in [0.25, 0.3) is 0 Å². The highest BCUT2D eigenvalue weighted by molar-refractivity contribution is 6.35. The zero-order valence-electron chi connectivity index (χ0n) is 9.14. The van der Waals surface area contributed by atoms with Crippen LogP contribution in [0.2, 0.25) is 10.0 Å². The van der Waals surface area contributed by atoms with Gasteiger partial charge in [0.1, 0.15) is 12.9 Å². The number of nitrogens with zero attached hydrogens (tertiary/aromatic N) is 2. The molecule has 0 spiro atoms. The van der Waals surface area contributed by atoms with Crippen LogP contribution in [0.3, 0.4) is 0 Å². The van der Waals surface area contributed by atoms with E-state index in [2.05, 4.69) is 11.5 Å². The van der Waals surface area contributed by atoms with Crippen LogP contribution in [0.5, 0.6) is 0 Å². The highest BCUT2D eigenvalue weighted by Gasteiger charge is 2.13. The van der Waals surface area contributed by atoms with Crippen molar-refractivity contribution in [1.29, 1.82) is 0 Å². The van der Waals surface area contributed by atoms with Crippen LogP contribution in [0.1, 0.15) is 5.56 Å². The Kier molecular flexibility index (Phi) is 3.82. The SMILES string of the molecule is C=CON1C=CN(Cc2ccc(Cl)cc2Cl)C1. The molecule has 1 aliphatic heterocycles. The van der Waals surface area contributed by atoms with Gasteiger partial charge in [-0.2, -0.15) is 5.06 Å². The van der Waals surface area contributed by atoms with Crippen LogP contribution in [0.4, 0.5) is 0 Å². The van der Waals surface area contributed by atoms with Gasteiger partial charge in [-0.05, 0) is 17.7 Å². The average molecular weight is 271 g/mol. The Balaban J connectivity index is 1.98. The molecule has 1 aromatic rings. The molecule has 5 heteroatoms. The largest absolute Gasteiger partial charge is 0.387 e. The molecule has 3 nitrogen and oxygen atoms in total. The van der Waals surface area contributed by atoms with Crippen molar-refractivity contribution in [3.05, 3.63) is 59.0 Å². The maximum absolute atomic E-state index is 6.11. The predicted octanol–water partition coefficient (Wildman–Crippen LogP) is 3.61. The zero-order chi connectivity index (χ0) is 12.3. The Morgan fingerprint density at radius 3 is 2.88 bits per heavy atom. The van der Waals surface area contributed by atoms with E-state index in [-0.39, 0.29) is 0 Å². The number of hydroxylamine groups is 2. The first-order valence-corrected chi connectivity index (χ1v) is 5.85. The van der Waals surface area contributed by atoms with Crippen LogP contribution in [-0.4, -0.2) is 16.6 Å². The van der Waals surface area contributed by atoms with Crippen molar-refractivity contribution < 1.29 is 4.84 Å². The fourth-order valence-corrected chi connectivity index (χ4v) is 2.05. The van der Waals surface area contributed by atoms with E-state index in [0.29, 0.717) is 23.3 Å². The standard InChI is InChI=1S/C12H12Cl2N2O/c1-2-17-16-6-5-15(9-16)8-10-3-4-11(13)7-12(10)14/h2-7H,1,8-9H2. The summed E-state index contributed by atoms with van der Waals surface area (Å²) in [4.78, 5) is 7.20. The van der Waals surface area contributed by atoms with E-state index in [9.17, 15) is 0 Å². The molecule has 0 bridgehead atoms. The Bertz CT molecular complexity index is 448. The van der Waals surface area contributed by atoms with Gasteiger partial charge in [-0.3, -0.25) is 0 Å². The molecule has 0 atom stereocenters. The highest BCUT2D eigenvalue weighted by Crippen LogP contribution is 2.23. The molecular formula is C12H12Cl2N2O. The molecule has 1 aromatic carbocycles. The third-order valence-corrected chi connectivity index (χ3v) is 2.95. The van der Waals surface area contributed by atoms with Gasteiger partial charge in [0.2, 0.25) is 0 Å². The molecule has 17 heavy (non-hydrogen) atoms. The maximum Gasteiger partial charge on any atom is 0.126 e. The fraction of sp³-hybridized carbons (Fsp3) is 0.167. The molecule has 0 unspecified atom stereocenters. The lowest BCUT2D eigenvalue weighted by atomic mass is 10.2. The predicted molar refractivity (Wildman–Crippen MR) is 69.1 cm³/mol. The van der Waals surface area contributed by atoms with Gasteiger partial charge in [0, 0.05) is 22.8 Å². The minimum Gasteiger partial charge on any atom is -0.387 e. The topological polar surface area (TPSA) is 15.7 Å². The first-order valence-electron chi connectivity index (χ1n) is 5.09. The molecule has 0 aromatic heterocycles. The summed E-state index contributed by atoms with van der Waals surface area (Å²) in [6, 6.07) is 5.51. The van der Waals surface area contributed by atoms with Gasteiger partial charge < -0.3 is 9.74 Å². The molecule has 0 N–H and O–H groups in total. The summed E-state index contributed by atoms with van der Waals surface area (Å²) in [7, 11) is 0. The Morgan fingerprint density at radius 1 is 1.35 bits per heavy atom. The molecule has 0 radical (unpaired) electrons. The molecule has 1 aliphatic rings. The van der Waals surface area contributed by atoms with Crippen molar-refractivity contribution in [2.75, 3.05) is 6.67 Å². The van der Waals surface area contributed by atoms with E-state index in [4.69, 9.17) is 28.0 Å². The number of hydrogen-bond acceptors (Lipinski definition) is 3. The van der Waals surface area contributed by atoms with E-state index in [1.54, 1.807) is 11.1 Å². The van der Waals surface area contributed by atoms with E-state index in [1.165, 1.54) is 6.26 Å². The van der Waals surface area contributed by atoms with Crippen LogP contribution < -0.4 is 0 Å². The van der Waals surface area contributed by atoms with Gasteiger partial charge in [0.25, 0.3) is 0 Å². The van der Waals surface area contributed by atoms with Crippen molar-refractivity contribution in [3.8, 4) is 0 Å². The maximum atomic E-state index is 6.11. The second kappa shape index (κ2) is 5.34. The molecule has 2 rings (SSSR count). The molecule has 0 amide bonds. The van der Waals surface area contributed by atoms with Crippen LogP contribution in [0.15, 0.2) is 43.4 Å². The van der Waals surface area contributed by atoms with Crippen molar-refractivity contribution in [2.24, 2.45) is 0 Å². The van der Waals surface area contributed by atoms with Gasteiger partial charge in [0.05, 0.1) is 6.20 Å².